The van der Waals surface area contributed by atoms with E-state index in [0.29, 0.717) is 24.3 Å². The van der Waals surface area contributed by atoms with E-state index in [2.05, 4.69) is 6.92 Å². The summed E-state index contributed by atoms with van der Waals surface area (Å²) >= 11 is 12.1. The lowest BCUT2D eigenvalue weighted by Gasteiger charge is -2.30. The van der Waals surface area contributed by atoms with Crippen molar-refractivity contribution >= 4 is 46.7 Å². The molecule has 33 heavy (non-hydrogen) atoms. The molecule has 8 heteroatoms. The van der Waals surface area contributed by atoms with E-state index in [1.807, 2.05) is 6.92 Å². The Morgan fingerprint density at radius 3 is 2.24 bits per heavy atom. The molecule has 0 bridgehead atoms. The van der Waals surface area contributed by atoms with Gasteiger partial charge in [-0.2, -0.15) is 5.01 Å². The van der Waals surface area contributed by atoms with Crippen LogP contribution < -0.4 is 0 Å². The molecule has 0 aromatic heterocycles. The van der Waals surface area contributed by atoms with Crippen LogP contribution >= 0.6 is 23.2 Å². The quantitative estimate of drug-likeness (QED) is 0.441. The van der Waals surface area contributed by atoms with E-state index < -0.39 is 36.1 Å². The van der Waals surface area contributed by atoms with Gasteiger partial charge < -0.3 is 0 Å². The third kappa shape index (κ3) is 4.55. The SMILES string of the molecule is Cc1ccc(C(=O)CN(C(=O)c2ccc(Cl)c(Cl)c2)N2C(=O)[C@@H]3CC[C@@H](C)C[C@H]3C2=O)cc1. The van der Waals surface area contributed by atoms with Crippen molar-refractivity contribution in [3.05, 3.63) is 69.2 Å². The highest BCUT2D eigenvalue weighted by molar-refractivity contribution is 6.42. The molecule has 0 unspecified atom stereocenters. The van der Waals surface area contributed by atoms with E-state index in [1.165, 1.54) is 18.2 Å². The molecule has 2 fully saturated rings. The normalized spacial score (nSPS) is 22.3. The van der Waals surface area contributed by atoms with Crippen molar-refractivity contribution in [3.63, 3.8) is 0 Å². The van der Waals surface area contributed by atoms with Gasteiger partial charge in [-0.3, -0.25) is 19.2 Å². The molecular weight excluding hydrogens is 463 g/mol. The number of carbonyl (C=O) groups is 4. The number of benzene rings is 2. The average molecular weight is 487 g/mol. The Labute approximate surface area is 202 Å². The van der Waals surface area contributed by atoms with Crippen LogP contribution in [0.15, 0.2) is 42.5 Å². The van der Waals surface area contributed by atoms with Gasteiger partial charge in [0.25, 0.3) is 17.7 Å². The van der Waals surface area contributed by atoms with Gasteiger partial charge in [-0.15, -0.1) is 0 Å². The smallest absolute Gasteiger partial charge is 0.273 e. The first-order chi connectivity index (χ1) is 15.7. The van der Waals surface area contributed by atoms with Crippen molar-refractivity contribution in [1.29, 1.82) is 0 Å². The summed E-state index contributed by atoms with van der Waals surface area (Å²) < 4.78 is 0. The van der Waals surface area contributed by atoms with Gasteiger partial charge >= 0.3 is 0 Å². The first-order valence-corrected chi connectivity index (χ1v) is 11.7. The second kappa shape index (κ2) is 9.27. The minimum absolute atomic E-state index is 0.130. The maximum absolute atomic E-state index is 13.5. The number of ketones is 1. The Balaban J connectivity index is 1.70. The predicted molar refractivity (Wildman–Crippen MR) is 125 cm³/mol. The van der Waals surface area contributed by atoms with E-state index in [4.69, 9.17) is 23.2 Å². The van der Waals surface area contributed by atoms with E-state index >= 15 is 0 Å². The molecule has 3 amide bonds. The molecule has 0 radical (unpaired) electrons. The van der Waals surface area contributed by atoms with Crippen molar-refractivity contribution < 1.29 is 19.2 Å². The number of fused-ring (bicyclic) bond motifs is 1. The minimum atomic E-state index is -0.664. The monoisotopic (exact) mass is 486 g/mol. The number of rotatable bonds is 5. The van der Waals surface area contributed by atoms with Crippen LogP contribution in [0.3, 0.4) is 0 Å². The number of hydrogen-bond donors (Lipinski definition) is 0. The maximum Gasteiger partial charge on any atom is 0.273 e. The van der Waals surface area contributed by atoms with Gasteiger partial charge in [0.2, 0.25) is 0 Å². The number of aryl methyl sites for hydroxylation is 1. The molecule has 1 aliphatic heterocycles. The van der Waals surface area contributed by atoms with Gasteiger partial charge in [-0.1, -0.05) is 60.0 Å². The zero-order valence-electron chi connectivity index (χ0n) is 18.4. The Kier molecular flexibility index (Phi) is 6.59. The van der Waals surface area contributed by atoms with E-state index in [1.54, 1.807) is 24.3 Å². The maximum atomic E-state index is 13.5. The zero-order chi connectivity index (χ0) is 23.9. The molecule has 6 nitrogen and oxygen atoms in total. The molecule has 0 spiro atoms. The number of halogens is 2. The number of carbonyl (C=O) groups excluding carboxylic acids is 4. The van der Waals surface area contributed by atoms with Crippen LogP contribution in [0.5, 0.6) is 0 Å². The third-order valence-corrected chi connectivity index (χ3v) is 7.21. The highest BCUT2D eigenvalue weighted by Crippen LogP contribution is 2.41. The summed E-state index contributed by atoms with van der Waals surface area (Å²) in [4.78, 5) is 53.2. The summed E-state index contributed by atoms with van der Waals surface area (Å²) in [7, 11) is 0. The average Bonchev–Trinajstić information content (AvgIpc) is 3.03. The molecule has 2 aromatic rings. The Hall–Kier alpha value is -2.70. The Morgan fingerprint density at radius 2 is 1.58 bits per heavy atom. The molecule has 1 saturated carbocycles. The Bertz CT molecular complexity index is 1130. The van der Waals surface area contributed by atoms with Crippen LogP contribution in [0.2, 0.25) is 10.0 Å². The van der Waals surface area contributed by atoms with Crippen molar-refractivity contribution in [2.24, 2.45) is 17.8 Å². The number of Topliss-reactive ketones (excluding diaryl/α,β-unsaturated/α-hetero) is 1. The van der Waals surface area contributed by atoms with Crippen molar-refractivity contribution in [2.45, 2.75) is 33.1 Å². The van der Waals surface area contributed by atoms with Gasteiger partial charge in [0.05, 0.1) is 21.9 Å². The van der Waals surface area contributed by atoms with Crippen LogP contribution in [0, 0.1) is 24.7 Å². The van der Waals surface area contributed by atoms with Crippen LogP contribution in [0.4, 0.5) is 0 Å². The van der Waals surface area contributed by atoms with Gasteiger partial charge in [-0.05, 0) is 50.3 Å². The number of hydrazine groups is 1. The molecule has 2 aromatic carbocycles. The lowest BCUT2D eigenvalue weighted by Crippen LogP contribution is -2.52. The zero-order valence-corrected chi connectivity index (χ0v) is 19.9. The lowest BCUT2D eigenvalue weighted by molar-refractivity contribution is -0.154. The highest BCUT2D eigenvalue weighted by Gasteiger charge is 2.52. The highest BCUT2D eigenvalue weighted by atomic mass is 35.5. The summed E-state index contributed by atoms with van der Waals surface area (Å²) in [6.45, 7) is 3.50. The topological polar surface area (TPSA) is 74.8 Å². The molecule has 3 atom stereocenters. The molecule has 4 rings (SSSR count). The predicted octanol–water partition coefficient (Wildman–Crippen LogP) is 4.96. The third-order valence-electron chi connectivity index (χ3n) is 6.47. The fraction of sp³-hybridized carbons (Fsp3) is 0.360. The molecule has 2 aliphatic rings. The molecule has 0 N–H and O–H groups in total. The van der Waals surface area contributed by atoms with E-state index in [9.17, 15) is 19.2 Å². The van der Waals surface area contributed by atoms with Gasteiger partial charge in [-0.25, -0.2) is 5.01 Å². The molecule has 1 aliphatic carbocycles. The van der Waals surface area contributed by atoms with Gasteiger partial charge in [0.1, 0.15) is 6.54 Å². The largest absolute Gasteiger partial charge is 0.292 e. The molecular formula is C25H24Cl2N2O4. The summed E-state index contributed by atoms with van der Waals surface area (Å²) in [6, 6.07) is 11.2. The second-order valence-corrected chi connectivity index (χ2v) is 9.71. The van der Waals surface area contributed by atoms with E-state index in [-0.39, 0.29) is 21.4 Å². The van der Waals surface area contributed by atoms with Crippen LogP contribution in [-0.4, -0.2) is 40.1 Å². The van der Waals surface area contributed by atoms with Crippen molar-refractivity contribution in [2.75, 3.05) is 6.54 Å². The molecule has 1 saturated heterocycles. The van der Waals surface area contributed by atoms with Crippen LogP contribution in [-0.2, 0) is 9.59 Å². The first-order valence-electron chi connectivity index (χ1n) is 10.9. The van der Waals surface area contributed by atoms with Crippen LogP contribution in [0.25, 0.3) is 0 Å². The second-order valence-electron chi connectivity index (χ2n) is 8.90. The Morgan fingerprint density at radius 1 is 0.939 bits per heavy atom. The van der Waals surface area contributed by atoms with Crippen LogP contribution in [0.1, 0.15) is 52.5 Å². The molecule has 1 heterocycles. The van der Waals surface area contributed by atoms with Gasteiger partial charge in [0.15, 0.2) is 5.78 Å². The number of nitrogens with zero attached hydrogens (tertiary/aromatic N) is 2. The minimum Gasteiger partial charge on any atom is -0.292 e. The number of amides is 3. The van der Waals surface area contributed by atoms with E-state index in [0.717, 1.165) is 22.0 Å². The summed E-state index contributed by atoms with van der Waals surface area (Å²) in [6.07, 6.45) is 2.02. The van der Waals surface area contributed by atoms with Gasteiger partial charge in [0, 0.05) is 11.1 Å². The molecule has 172 valence electrons. The fourth-order valence-electron chi connectivity index (χ4n) is 4.59. The van der Waals surface area contributed by atoms with Crippen molar-refractivity contribution in [1.82, 2.24) is 10.0 Å². The fourth-order valence-corrected chi connectivity index (χ4v) is 4.89. The summed E-state index contributed by atoms with van der Waals surface area (Å²) in [5.41, 5.74) is 1.50. The standard InChI is InChI=1S/C25H24Cl2N2O4/c1-14-3-6-16(7-4-14)22(30)13-28(23(31)17-8-10-20(26)21(27)12-17)29-24(32)18-9-5-15(2)11-19(18)25(29)33/h3-4,6-8,10,12,15,18-19H,5,9,11,13H2,1-2H3/t15-,18-,19-/m1/s1. The van der Waals surface area contributed by atoms with Crippen molar-refractivity contribution in [3.8, 4) is 0 Å². The number of hydrogen-bond acceptors (Lipinski definition) is 4. The number of imide groups is 1. The first kappa shape index (κ1) is 23.5. The summed E-state index contributed by atoms with van der Waals surface area (Å²) in [5, 5.41) is 2.29. The lowest BCUT2D eigenvalue weighted by atomic mass is 9.76. The summed E-state index contributed by atoms with van der Waals surface area (Å²) in [5.74, 6) is -2.53.